The fourth-order valence-electron chi connectivity index (χ4n) is 0.601. The van der Waals surface area contributed by atoms with Crippen LogP contribution in [0.1, 0.15) is 0 Å². The Kier molecular flexibility index (Phi) is 2.31. The Morgan fingerprint density at radius 2 is 1.55 bits per heavy atom. The van der Waals surface area contributed by atoms with Gasteiger partial charge < -0.3 is 0 Å². The predicted molar refractivity (Wildman–Crippen MR) is 42.0 cm³/mol. The Labute approximate surface area is 72.9 Å². The Balaban J connectivity index is 3.20. The zero-order chi connectivity index (χ0) is 8.48. The van der Waals surface area contributed by atoms with Crippen LogP contribution in [0, 0.1) is 0 Å². The minimum Gasteiger partial charge on any atom is -0.192 e. The molecule has 11 heavy (non-hydrogen) atoms. The Hall–Kier alpha value is -0.390. The molecule has 0 aliphatic heterocycles. The van der Waals surface area contributed by atoms with Crippen molar-refractivity contribution in [1.82, 2.24) is 0 Å². The molecule has 1 aromatic carbocycles. The second kappa shape index (κ2) is 2.92. The van der Waals surface area contributed by atoms with Gasteiger partial charge >= 0.3 is 10.1 Å². The highest BCUT2D eigenvalue weighted by Gasteiger charge is 2.09. The van der Waals surface area contributed by atoms with Gasteiger partial charge in [0.15, 0.2) is 0 Å². The van der Waals surface area contributed by atoms with Gasteiger partial charge in [-0.2, -0.15) is 8.42 Å². The summed E-state index contributed by atoms with van der Waals surface area (Å²) in [4.78, 5) is -0.208. The standard InChI is InChI=1S/C6H4BrO3S/c7-5-1-3-6(4-2-5)11(8,9)10/h1-4H. The summed E-state index contributed by atoms with van der Waals surface area (Å²) < 4.78 is 31.9. The molecule has 0 aromatic heterocycles. The Morgan fingerprint density at radius 3 is 1.91 bits per heavy atom. The van der Waals surface area contributed by atoms with E-state index in [0.29, 0.717) is 0 Å². The van der Waals surface area contributed by atoms with E-state index >= 15 is 0 Å². The topological polar surface area (TPSA) is 54.0 Å². The van der Waals surface area contributed by atoms with Gasteiger partial charge in [0, 0.05) is 4.47 Å². The molecule has 0 spiro atoms. The van der Waals surface area contributed by atoms with Crippen LogP contribution in [0.15, 0.2) is 33.6 Å². The maximum absolute atomic E-state index is 10.4. The highest BCUT2D eigenvalue weighted by Crippen LogP contribution is 2.14. The van der Waals surface area contributed by atoms with Crippen LogP contribution in [0.25, 0.3) is 0 Å². The largest absolute Gasteiger partial charge is 0.324 e. The van der Waals surface area contributed by atoms with Crippen molar-refractivity contribution in [2.24, 2.45) is 0 Å². The molecule has 1 rings (SSSR count). The number of hydrogen-bond acceptors (Lipinski definition) is 2. The van der Waals surface area contributed by atoms with Crippen molar-refractivity contribution in [3.63, 3.8) is 0 Å². The van der Waals surface area contributed by atoms with Crippen molar-refractivity contribution < 1.29 is 13.0 Å². The summed E-state index contributed by atoms with van der Waals surface area (Å²) in [6, 6.07) is 5.52. The van der Waals surface area contributed by atoms with Crippen molar-refractivity contribution in [3.8, 4) is 0 Å². The van der Waals surface area contributed by atoms with Gasteiger partial charge in [-0.1, -0.05) is 20.5 Å². The number of hydrogen-bond donors (Lipinski definition) is 0. The molecular formula is C6H4BrO3S. The molecule has 1 radical (unpaired) electrons. The summed E-state index contributed by atoms with van der Waals surface area (Å²) in [6.45, 7) is 0. The molecule has 5 heteroatoms. The summed E-state index contributed by atoms with van der Waals surface area (Å²) >= 11 is 3.12. The van der Waals surface area contributed by atoms with E-state index in [9.17, 15) is 13.0 Å². The monoisotopic (exact) mass is 235 g/mol. The van der Waals surface area contributed by atoms with E-state index in [2.05, 4.69) is 15.9 Å². The van der Waals surface area contributed by atoms with Gasteiger partial charge in [0.25, 0.3) is 0 Å². The maximum Gasteiger partial charge on any atom is 0.324 e. The first-order valence-corrected chi connectivity index (χ1v) is 4.92. The highest BCUT2D eigenvalue weighted by molar-refractivity contribution is 9.10. The van der Waals surface area contributed by atoms with Crippen LogP contribution in [0.4, 0.5) is 0 Å². The van der Waals surface area contributed by atoms with Crippen molar-refractivity contribution in [1.29, 1.82) is 0 Å². The van der Waals surface area contributed by atoms with Crippen LogP contribution < -0.4 is 0 Å². The third-order valence-electron chi connectivity index (χ3n) is 1.10. The van der Waals surface area contributed by atoms with E-state index in [1.807, 2.05) is 0 Å². The van der Waals surface area contributed by atoms with Gasteiger partial charge in [0.05, 0.1) is 4.90 Å². The van der Waals surface area contributed by atoms with Gasteiger partial charge in [-0.3, -0.25) is 0 Å². The lowest BCUT2D eigenvalue weighted by Gasteiger charge is -1.92. The molecule has 0 fully saturated rings. The summed E-state index contributed by atoms with van der Waals surface area (Å²) in [5, 5.41) is 0. The fourth-order valence-corrected chi connectivity index (χ4v) is 1.34. The van der Waals surface area contributed by atoms with E-state index in [1.54, 1.807) is 0 Å². The molecule has 0 aliphatic carbocycles. The van der Waals surface area contributed by atoms with Gasteiger partial charge in [0.2, 0.25) is 0 Å². The molecule has 0 saturated carbocycles. The van der Waals surface area contributed by atoms with Gasteiger partial charge in [-0.25, -0.2) is 0 Å². The SMILES string of the molecule is [O]S(=O)(=O)c1ccc(Br)cc1. The second-order valence-corrected chi connectivity index (χ2v) is 4.20. The van der Waals surface area contributed by atoms with Crippen molar-refractivity contribution in [2.45, 2.75) is 4.90 Å². The molecule has 3 nitrogen and oxygen atoms in total. The van der Waals surface area contributed by atoms with E-state index in [-0.39, 0.29) is 4.90 Å². The van der Waals surface area contributed by atoms with E-state index in [1.165, 1.54) is 24.3 Å². The minimum atomic E-state index is -4.29. The maximum atomic E-state index is 10.4. The lowest BCUT2D eigenvalue weighted by molar-refractivity contribution is 0.414. The molecule has 59 valence electrons. The fraction of sp³-hybridized carbons (Fsp3) is 0. The molecule has 0 bridgehead atoms. The molecule has 0 heterocycles. The molecule has 0 aliphatic rings. The van der Waals surface area contributed by atoms with Crippen LogP contribution in [0.2, 0.25) is 0 Å². The Bertz CT molecular complexity index is 341. The Morgan fingerprint density at radius 1 is 1.09 bits per heavy atom. The quantitative estimate of drug-likeness (QED) is 0.743. The second-order valence-electron chi connectivity index (χ2n) is 1.91. The molecule has 0 unspecified atom stereocenters. The van der Waals surface area contributed by atoms with Gasteiger partial charge in [0.1, 0.15) is 0 Å². The number of rotatable bonds is 1. The van der Waals surface area contributed by atoms with Crippen molar-refractivity contribution in [2.75, 3.05) is 0 Å². The molecule has 0 N–H and O–H groups in total. The average Bonchev–Trinajstić information content (AvgIpc) is 1.86. The molecule has 0 amide bonds. The van der Waals surface area contributed by atoms with Crippen molar-refractivity contribution in [3.05, 3.63) is 28.7 Å². The zero-order valence-electron chi connectivity index (χ0n) is 5.32. The third kappa shape index (κ3) is 2.28. The highest BCUT2D eigenvalue weighted by atomic mass is 79.9. The first-order valence-electron chi connectivity index (χ1n) is 2.71. The smallest absolute Gasteiger partial charge is 0.192 e. The molecule has 0 saturated heterocycles. The first-order chi connectivity index (χ1) is 5.00. The third-order valence-corrected chi connectivity index (χ3v) is 2.48. The lowest BCUT2D eigenvalue weighted by atomic mass is 10.4. The normalized spacial score (nSPS) is 11.5. The summed E-state index contributed by atoms with van der Waals surface area (Å²) in [7, 11) is -4.29. The van der Waals surface area contributed by atoms with Crippen LogP contribution in [0.3, 0.4) is 0 Å². The summed E-state index contributed by atoms with van der Waals surface area (Å²) in [6.07, 6.45) is 0. The molecule has 1 aromatic rings. The van der Waals surface area contributed by atoms with Crippen LogP contribution in [-0.4, -0.2) is 8.42 Å². The van der Waals surface area contributed by atoms with E-state index < -0.39 is 10.1 Å². The first kappa shape index (κ1) is 8.70. The minimum absolute atomic E-state index is 0.208. The lowest BCUT2D eigenvalue weighted by Crippen LogP contribution is -1.94. The average molecular weight is 236 g/mol. The van der Waals surface area contributed by atoms with Gasteiger partial charge in [-0.15, -0.1) is 0 Å². The number of halogens is 1. The molecular weight excluding hydrogens is 232 g/mol. The number of benzene rings is 1. The van der Waals surface area contributed by atoms with Crippen LogP contribution in [0.5, 0.6) is 0 Å². The van der Waals surface area contributed by atoms with Crippen LogP contribution >= 0.6 is 15.9 Å². The zero-order valence-corrected chi connectivity index (χ0v) is 7.72. The summed E-state index contributed by atoms with van der Waals surface area (Å²) in [5.74, 6) is 0. The van der Waals surface area contributed by atoms with Crippen LogP contribution in [-0.2, 0) is 14.7 Å². The van der Waals surface area contributed by atoms with Gasteiger partial charge in [-0.05, 0) is 24.3 Å². The predicted octanol–water partition coefficient (Wildman–Crippen LogP) is 1.57. The van der Waals surface area contributed by atoms with E-state index in [4.69, 9.17) is 0 Å². The summed E-state index contributed by atoms with van der Waals surface area (Å²) in [5.41, 5.74) is 0. The van der Waals surface area contributed by atoms with Crippen molar-refractivity contribution >= 4 is 26.0 Å². The molecule has 0 atom stereocenters. The van der Waals surface area contributed by atoms with E-state index in [0.717, 1.165) is 4.47 Å².